The standard InChI is InChI=1S/C47H75NO16/c1-28-18-15-13-11-9-7-5-6-8-10-12-14-16-21-36(63-46-44(57)41(48)43(56)31(4)62-46)25-38-40(45(58)59)37(53)27-47(60,64-38)26-33(50)20-17-19-32(49)22-34(51)23-35(52)24-39(54)61-30(3)29(2)42(28)55/h5-6,8,10-16,18,21,28-38,40-44,46,49-53,55-57,60H,7,9,17,19-20,22-27,48H2,1-4H3,(H,58,59)/b6-5+,10-8+,13-11+,14-12+,18-15+,21-16+/t28-,29-,30-,31+,32?,33?,34?,35?,36?,37-,38-,40?,41-,42?,43?,44-,46?,47?/m0/s1. The highest BCUT2D eigenvalue weighted by Crippen LogP contribution is 2.38. The Labute approximate surface area is 376 Å². The van der Waals surface area contributed by atoms with Gasteiger partial charge in [-0.3, -0.25) is 9.59 Å². The molecule has 364 valence electrons. The Balaban J connectivity index is 1.81. The molecule has 18 atom stereocenters. The lowest BCUT2D eigenvalue weighted by Gasteiger charge is -2.45. The van der Waals surface area contributed by atoms with Gasteiger partial charge in [-0.25, -0.2) is 0 Å². The lowest BCUT2D eigenvalue weighted by molar-refractivity contribution is -0.308. The number of carbonyl (C=O) groups is 2. The second-order valence-corrected chi connectivity index (χ2v) is 17.7. The van der Waals surface area contributed by atoms with Crippen LogP contribution in [-0.4, -0.2) is 154 Å². The maximum absolute atomic E-state index is 12.6. The second-order valence-electron chi connectivity index (χ2n) is 17.7. The number of carboxylic acid groups (broad SMARTS) is 1. The van der Waals surface area contributed by atoms with Crippen LogP contribution in [0.4, 0.5) is 0 Å². The molecule has 2 saturated heterocycles. The summed E-state index contributed by atoms with van der Waals surface area (Å²) in [6.45, 7) is 6.85. The highest BCUT2D eigenvalue weighted by atomic mass is 16.7. The van der Waals surface area contributed by atoms with E-state index in [-0.39, 0.29) is 44.4 Å². The molecule has 2 fully saturated rings. The molecule has 0 saturated carbocycles. The molecule has 0 amide bonds. The first kappa shape index (κ1) is 55.2. The summed E-state index contributed by atoms with van der Waals surface area (Å²) < 4.78 is 23.3. The van der Waals surface area contributed by atoms with Gasteiger partial charge in [-0.2, -0.15) is 0 Å². The third-order valence-electron chi connectivity index (χ3n) is 12.1. The van der Waals surface area contributed by atoms with Crippen molar-refractivity contribution < 1.29 is 79.6 Å². The minimum atomic E-state index is -2.17. The Hall–Kier alpha value is -3.14. The van der Waals surface area contributed by atoms with Crippen LogP contribution in [0, 0.1) is 17.8 Å². The zero-order valence-electron chi connectivity index (χ0n) is 37.5. The molecule has 0 aromatic rings. The van der Waals surface area contributed by atoms with Gasteiger partial charge in [-0.1, -0.05) is 86.8 Å². The van der Waals surface area contributed by atoms with Crippen LogP contribution in [0.5, 0.6) is 0 Å². The number of carbonyl (C=O) groups excluding carboxylic acids is 1. The van der Waals surface area contributed by atoms with Gasteiger partial charge in [0, 0.05) is 31.1 Å². The fourth-order valence-corrected chi connectivity index (χ4v) is 8.15. The smallest absolute Gasteiger partial charge is 0.311 e. The molecule has 3 aliphatic rings. The fourth-order valence-electron chi connectivity index (χ4n) is 8.15. The highest BCUT2D eigenvalue weighted by Gasteiger charge is 2.50. The van der Waals surface area contributed by atoms with Crippen LogP contribution in [0.3, 0.4) is 0 Å². The van der Waals surface area contributed by atoms with Gasteiger partial charge in [0.15, 0.2) is 12.1 Å². The first-order chi connectivity index (χ1) is 30.2. The summed E-state index contributed by atoms with van der Waals surface area (Å²) in [4.78, 5) is 25.1. The van der Waals surface area contributed by atoms with E-state index in [1.165, 1.54) is 0 Å². The summed E-state index contributed by atoms with van der Waals surface area (Å²) in [7, 11) is 0. The molecule has 3 heterocycles. The number of allylic oxidation sites excluding steroid dienone is 10. The van der Waals surface area contributed by atoms with Gasteiger partial charge in [0.25, 0.3) is 0 Å². The Bertz CT molecular complexity index is 1580. The van der Waals surface area contributed by atoms with Crippen molar-refractivity contribution in [3.63, 3.8) is 0 Å². The third-order valence-corrected chi connectivity index (χ3v) is 12.1. The zero-order valence-corrected chi connectivity index (χ0v) is 37.5. The second kappa shape index (κ2) is 27.5. The van der Waals surface area contributed by atoms with E-state index in [0.29, 0.717) is 0 Å². The summed E-state index contributed by atoms with van der Waals surface area (Å²) in [5.74, 6) is -6.45. The molecule has 2 bridgehead atoms. The van der Waals surface area contributed by atoms with Crippen LogP contribution in [0.1, 0.15) is 98.3 Å². The zero-order chi connectivity index (χ0) is 47.6. The minimum absolute atomic E-state index is 0.0556. The molecule has 0 radical (unpaired) electrons. The summed E-state index contributed by atoms with van der Waals surface area (Å²) in [6, 6.07) is -1.12. The van der Waals surface area contributed by atoms with Crippen LogP contribution < -0.4 is 5.73 Å². The molecule has 64 heavy (non-hydrogen) atoms. The van der Waals surface area contributed by atoms with E-state index in [4.69, 9.17) is 24.7 Å². The van der Waals surface area contributed by atoms with Crippen molar-refractivity contribution in [3.05, 3.63) is 72.9 Å². The number of aliphatic hydroxyl groups excluding tert-OH is 8. The Morgan fingerprint density at radius 3 is 1.98 bits per heavy atom. The predicted molar refractivity (Wildman–Crippen MR) is 236 cm³/mol. The molecular formula is C47H75NO16. The quantitative estimate of drug-likeness (QED) is 0.180. The van der Waals surface area contributed by atoms with E-state index < -0.39 is 134 Å². The third kappa shape index (κ3) is 18.6. The first-order valence-electron chi connectivity index (χ1n) is 22.5. The molecule has 17 heteroatoms. The maximum atomic E-state index is 12.6. The van der Waals surface area contributed by atoms with Gasteiger partial charge >= 0.3 is 11.9 Å². The van der Waals surface area contributed by atoms with Gasteiger partial charge in [0.05, 0.1) is 73.5 Å². The molecule has 0 aromatic heterocycles. The van der Waals surface area contributed by atoms with E-state index >= 15 is 0 Å². The van der Waals surface area contributed by atoms with Gasteiger partial charge in [0.2, 0.25) is 0 Å². The lowest BCUT2D eigenvalue weighted by atomic mass is 9.83. The SMILES string of the molecule is C[C@@H]1OC(=O)CC(O)CC(O)CC(O)CCCC(O)CC2(O)C[C@H](O)C(C(=O)O)[C@H](CC(OC3O[C@H](C)C(O)[C@H](N)[C@@H]3O)/C=C/C=C/C=C/C=C/CC/C=C/C=C/[C@H](C)C(O)[C@H]1C)O2. The average Bonchev–Trinajstić information content (AvgIpc) is 3.20. The number of cyclic esters (lactones) is 1. The highest BCUT2D eigenvalue weighted by molar-refractivity contribution is 5.71. The first-order valence-corrected chi connectivity index (χ1v) is 22.5. The monoisotopic (exact) mass is 910 g/mol. The van der Waals surface area contributed by atoms with Crippen molar-refractivity contribution in [2.45, 2.75) is 190 Å². The number of aliphatic hydroxyl groups is 9. The van der Waals surface area contributed by atoms with Crippen molar-refractivity contribution >= 4 is 11.9 Å². The van der Waals surface area contributed by atoms with Gasteiger partial charge in [0.1, 0.15) is 18.1 Å². The van der Waals surface area contributed by atoms with E-state index in [9.17, 15) is 60.7 Å². The van der Waals surface area contributed by atoms with Gasteiger partial charge in [-0.05, 0) is 58.8 Å². The summed E-state index contributed by atoms with van der Waals surface area (Å²) in [6.07, 6.45) is 6.74. The Morgan fingerprint density at radius 2 is 1.31 bits per heavy atom. The van der Waals surface area contributed by atoms with Crippen molar-refractivity contribution in [1.29, 1.82) is 0 Å². The topological polar surface area (TPSA) is 299 Å². The van der Waals surface area contributed by atoms with E-state index in [2.05, 4.69) is 0 Å². The average molecular weight is 910 g/mol. The molecule has 0 spiro atoms. The number of aliphatic carboxylic acids is 1. The van der Waals surface area contributed by atoms with Gasteiger partial charge in [-0.15, -0.1) is 0 Å². The molecule has 0 aliphatic carbocycles. The number of nitrogens with two attached hydrogens (primary N) is 1. The van der Waals surface area contributed by atoms with Crippen LogP contribution in [0.2, 0.25) is 0 Å². The van der Waals surface area contributed by atoms with Crippen molar-refractivity contribution in [2.24, 2.45) is 23.5 Å². The van der Waals surface area contributed by atoms with Crippen molar-refractivity contribution in [2.75, 3.05) is 0 Å². The van der Waals surface area contributed by atoms with Crippen molar-refractivity contribution in [1.82, 2.24) is 0 Å². The minimum Gasteiger partial charge on any atom is -0.481 e. The molecule has 3 aliphatic heterocycles. The number of rotatable bonds is 3. The number of hydrogen-bond donors (Lipinski definition) is 11. The van der Waals surface area contributed by atoms with E-state index in [1.807, 2.05) is 49.5 Å². The largest absolute Gasteiger partial charge is 0.481 e. The molecular weight excluding hydrogens is 835 g/mol. The lowest BCUT2D eigenvalue weighted by Crippen LogP contribution is -2.61. The van der Waals surface area contributed by atoms with Gasteiger partial charge < -0.3 is 75.7 Å². The normalized spacial score (nSPS) is 44.6. The Morgan fingerprint density at radius 1 is 0.719 bits per heavy atom. The number of hydrogen-bond acceptors (Lipinski definition) is 16. The molecule has 0 aromatic carbocycles. The summed E-state index contributed by atoms with van der Waals surface area (Å²) >= 11 is 0. The van der Waals surface area contributed by atoms with Crippen LogP contribution in [0.25, 0.3) is 0 Å². The number of carboxylic acids is 1. The Kier molecular flexibility index (Phi) is 23.7. The molecule has 17 nitrogen and oxygen atoms in total. The van der Waals surface area contributed by atoms with Crippen LogP contribution in [-0.2, 0) is 28.5 Å². The van der Waals surface area contributed by atoms with E-state index in [1.54, 1.807) is 51.2 Å². The molecule has 3 rings (SSSR count). The molecule has 10 unspecified atom stereocenters. The maximum Gasteiger partial charge on any atom is 0.311 e. The number of ether oxygens (including phenoxy) is 4. The molecule has 12 N–H and O–H groups in total. The van der Waals surface area contributed by atoms with Crippen molar-refractivity contribution in [3.8, 4) is 0 Å². The fraction of sp³-hybridized carbons (Fsp3) is 0.702. The van der Waals surface area contributed by atoms with Crippen LogP contribution in [0.15, 0.2) is 72.9 Å². The summed E-state index contributed by atoms with van der Waals surface area (Å²) in [5.41, 5.74) is 6.03. The number of fused-ring (bicyclic) bond motifs is 2. The number of esters is 1. The predicted octanol–water partition coefficient (Wildman–Crippen LogP) is 1.96. The van der Waals surface area contributed by atoms with Crippen LogP contribution >= 0.6 is 0 Å². The summed E-state index contributed by atoms with van der Waals surface area (Å²) in [5, 5.41) is 107. The van der Waals surface area contributed by atoms with E-state index in [0.717, 1.165) is 12.8 Å².